The Morgan fingerprint density at radius 3 is 2.28 bits per heavy atom. The van der Waals surface area contributed by atoms with E-state index < -0.39 is 115 Å². The van der Waals surface area contributed by atoms with Gasteiger partial charge in [-0.2, -0.15) is 0 Å². The van der Waals surface area contributed by atoms with E-state index in [0.717, 1.165) is 12.8 Å². The number of fused-ring (bicyclic) bond motifs is 7. The third kappa shape index (κ3) is 5.41. The number of aliphatic hydroxyl groups excluding tert-OH is 7. The molecule has 15 nitrogen and oxygen atoms in total. The smallest absolute Gasteiger partial charge is 0.200 e. The molecule has 0 bridgehead atoms. The van der Waals surface area contributed by atoms with E-state index in [1.165, 1.54) is 12.5 Å². The molecule has 0 aromatic rings. The second-order valence-corrected chi connectivity index (χ2v) is 18.6. The maximum absolute atomic E-state index is 12.9. The van der Waals surface area contributed by atoms with Gasteiger partial charge in [0.05, 0.1) is 37.1 Å². The first-order valence-electron chi connectivity index (χ1n) is 20.1. The zero-order valence-electron chi connectivity index (χ0n) is 31.9. The molecule has 8 aliphatic rings. The van der Waals surface area contributed by atoms with Crippen LogP contribution in [-0.4, -0.2) is 156 Å². The summed E-state index contributed by atoms with van der Waals surface area (Å²) in [4.78, 5) is 0. The van der Waals surface area contributed by atoms with Crippen LogP contribution in [0.3, 0.4) is 0 Å². The van der Waals surface area contributed by atoms with Crippen molar-refractivity contribution in [3.05, 3.63) is 11.6 Å². The molecule has 0 aromatic carbocycles. The number of aliphatic hydroxyl groups is 9. The van der Waals surface area contributed by atoms with Gasteiger partial charge in [0.2, 0.25) is 0 Å². The summed E-state index contributed by atoms with van der Waals surface area (Å²) in [6.07, 6.45) is -9.15. The molecule has 4 aliphatic heterocycles. The van der Waals surface area contributed by atoms with Crippen LogP contribution in [0.25, 0.3) is 0 Å². The van der Waals surface area contributed by atoms with Gasteiger partial charge < -0.3 is 74.4 Å². The summed E-state index contributed by atoms with van der Waals surface area (Å²) in [5.74, 6) is -1.71. The maximum atomic E-state index is 12.9. The number of hydrogen-bond donors (Lipinski definition) is 9. The second kappa shape index (κ2) is 13.6. The van der Waals surface area contributed by atoms with Crippen molar-refractivity contribution in [2.75, 3.05) is 13.2 Å². The molecule has 15 heteroatoms. The fraction of sp³-hybridized carbons (Fsp3) is 0.949. The lowest BCUT2D eigenvalue weighted by molar-refractivity contribution is -0.369. The standard InChI is InChI=1S/C39H62O15/c1-17-12-25(41)39(49-16-17)19(3)38(48)26(54-39)14-37(47)23-7-6-20-13-21(8-10-35(20,4)22(23)9-11-36(37,38)5)51-34-32(30(45)28(43)24(15-40)52-34)53-33-31(46)29(44)27(42)18(2)50-33/h6,17-19,21-34,40-48H,7-16H2,1-5H3. The van der Waals surface area contributed by atoms with Crippen molar-refractivity contribution in [1.29, 1.82) is 0 Å². The Bertz CT molecular complexity index is 1450. The first-order valence-corrected chi connectivity index (χ1v) is 20.1. The zero-order valence-corrected chi connectivity index (χ0v) is 31.9. The monoisotopic (exact) mass is 770 g/mol. The fourth-order valence-corrected chi connectivity index (χ4v) is 12.6. The molecule has 1 spiro atoms. The molecule has 9 N–H and O–H groups in total. The Hall–Kier alpha value is -0.860. The molecule has 22 atom stereocenters. The highest BCUT2D eigenvalue weighted by Crippen LogP contribution is 2.73. The molecular weight excluding hydrogens is 708 g/mol. The van der Waals surface area contributed by atoms with Crippen LogP contribution in [0.1, 0.15) is 86.0 Å². The van der Waals surface area contributed by atoms with Crippen LogP contribution < -0.4 is 0 Å². The molecule has 4 aliphatic carbocycles. The van der Waals surface area contributed by atoms with Gasteiger partial charge in [-0.15, -0.1) is 0 Å². The molecule has 0 aromatic heterocycles. The molecule has 3 saturated carbocycles. The largest absolute Gasteiger partial charge is 0.394 e. The minimum absolute atomic E-state index is 0.118. The summed E-state index contributed by atoms with van der Waals surface area (Å²) in [5.41, 5.74) is -2.60. The molecule has 7 fully saturated rings. The minimum Gasteiger partial charge on any atom is -0.394 e. The molecule has 22 unspecified atom stereocenters. The van der Waals surface area contributed by atoms with Crippen LogP contribution in [0.4, 0.5) is 0 Å². The average molecular weight is 771 g/mol. The van der Waals surface area contributed by atoms with E-state index in [2.05, 4.69) is 13.0 Å². The molecule has 8 rings (SSSR count). The van der Waals surface area contributed by atoms with Crippen molar-refractivity contribution in [2.45, 2.75) is 183 Å². The van der Waals surface area contributed by atoms with E-state index in [9.17, 15) is 46.0 Å². The molecule has 4 heterocycles. The van der Waals surface area contributed by atoms with Gasteiger partial charge in [0.25, 0.3) is 0 Å². The number of allylic oxidation sites excluding steroid dienone is 1. The van der Waals surface area contributed by atoms with Crippen LogP contribution in [0.5, 0.6) is 0 Å². The molecule has 54 heavy (non-hydrogen) atoms. The maximum Gasteiger partial charge on any atom is 0.200 e. The van der Waals surface area contributed by atoms with E-state index in [1.54, 1.807) is 0 Å². The molecule has 0 radical (unpaired) electrons. The van der Waals surface area contributed by atoms with Crippen LogP contribution in [0, 0.1) is 34.5 Å². The highest BCUT2D eigenvalue weighted by Gasteiger charge is 2.82. The van der Waals surface area contributed by atoms with Crippen LogP contribution >= 0.6 is 0 Å². The van der Waals surface area contributed by atoms with Crippen molar-refractivity contribution < 1.29 is 74.4 Å². The zero-order chi connectivity index (χ0) is 38.9. The van der Waals surface area contributed by atoms with Gasteiger partial charge in [-0.25, -0.2) is 0 Å². The van der Waals surface area contributed by atoms with Gasteiger partial charge in [-0.1, -0.05) is 39.3 Å². The molecule has 308 valence electrons. The second-order valence-electron chi connectivity index (χ2n) is 18.6. The third-order valence-electron chi connectivity index (χ3n) is 16.0. The summed E-state index contributed by atoms with van der Waals surface area (Å²) in [6, 6.07) is 0. The van der Waals surface area contributed by atoms with Gasteiger partial charge in [0.1, 0.15) is 54.4 Å². The lowest BCUT2D eigenvalue weighted by atomic mass is 9.44. The van der Waals surface area contributed by atoms with Crippen molar-refractivity contribution in [3.63, 3.8) is 0 Å². The summed E-state index contributed by atoms with van der Waals surface area (Å²) in [7, 11) is 0. The van der Waals surface area contributed by atoms with Crippen molar-refractivity contribution in [3.8, 4) is 0 Å². The predicted octanol–water partition coefficient (Wildman–Crippen LogP) is -0.409. The Morgan fingerprint density at radius 2 is 1.57 bits per heavy atom. The minimum atomic E-state index is -1.66. The van der Waals surface area contributed by atoms with Crippen LogP contribution in [0.2, 0.25) is 0 Å². The average Bonchev–Trinajstić information content (AvgIpc) is 3.46. The van der Waals surface area contributed by atoms with E-state index in [4.69, 9.17) is 28.4 Å². The van der Waals surface area contributed by atoms with Gasteiger partial charge in [0.15, 0.2) is 18.4 Å². The van der Waals surface area contributed by atoms with E-state index in [-0.39, 0.29) is 29.6 Å². The highest BCUT2D eigenvalue weighted by molar-refractivity contribution is 5.33. The summed E-state index contributed by atoms with van der Waals surface area (Å²) in [6.45, 7) is 9.51. The van der Waals surface area contributed by atoms with Crippen molar-refractivity contribution in [1.82, 2.24) is 0 Å². The molecular formula is C39H62O15. The van der Waals surface area contributed by atoms with Gasteiger partial charge in [0, 0.05) is 17.8 Å². The van der Waals surface area contributed by atoms with Gasteiger partial charge in [-0.05, 0) is 75.0 Å². The quantitative estimate of drug-likeness (QED) is 0.162. The van der Waals surface area contributed by atoms with E-state index in [1.807, 2.05) is 20.8 Å². The Balaban J connectivity index is 1.000. The molecule has 0 amide bonds. The normalized spacial score (nSPS) is 60.0. The predicted molar refractivity (Wildman–Crippen MR) is 186 cm³/mol. The Kier molecular flexibility index (Phi) is 10.1. The number of rotatable bonds is 5. The lowest BCUT2D eigenvalue weighted by Gasteiger charge is -2.63. The third-order valence-corrected chi connectivity index (χ3v) is 16.0. The van der Waals surface area contributed by atoms with Crippen molar-refractivity contribution >= 4 is 0 Å². The number of hydrogen-bond acceptors (Lipinski definition) is 15. The van der Waals surface area contributed by atoms with E-state index in [0.29, 0.717) is 38.7 Å². The Morgan fingerprint density at radius 1 is 0.833 bits per heavy atom. The first kappa shape index (κ1) is 39.9. The van der Waals surface area contributed by atoms with Crippen LogP contribution in [0.15, 0.2) is 11.6 Å². The van der Waals surface area contributed by atoms with E-state index >= 15 is 0 Å². The Labute approximate surface area is 316 Å². The fourth-order valence-electron chi connectivity index (χ4n) is 12.6. The lowest BCUT2D eigenvalue weighted by Crippen LogP contribution is -2.67. The van der Waals surface area contributed by atoms with Gasteiger partial charge in [-0.3, -0.25) is 0 Å². The summed E-state index contributed by atoms with van der Waals surface area (Å²) in [5, 5.41) is 99.8. The number of ether oxygens (including phenoxy) is 6. The summed E-state index contributed by atoms with van der Waals surface area (Å²) >= 11 is 0. The van der Waals surface area contributed by atoms with Crippen LogP contribution in [-0.2, 0) is 28.4 Å². The first-order chi connectivity index (χ1) is 25.4. The van der Waals surface area contributed by atoms with Crippen molar-refractivity contribution in [2.24, 2.45) is 34.5 Å². The molecule has 4 saturated heterocycles. The SMILES string of the molecule is CC1COC2(OC3CC4(O)C5CC=C6CC(OC7OC(CO)C(O)C(O)C7OC7OC(C)C(O)C(O)C7O)CCC6(C)C5CCC4(C)C3(O)C2C)C(O)C1. The highest BCUT2D eigenvalue weighted by atomic mass is 16.8. The van der Waals surface area contributed by atoms with Gasteiger partial charge >= 0.3 is 0 Å². The topological polar surface area (TPSA) is 237 Å². The summed E-state index contributed by atoms with van der Waals surface area (Å²) < 4.78 is 36.8.